The number of benzene rings is 2. The smallest absolute Gasteiger partial charge is 0.159 e. The maximum absolute atomic E-state index is 11.4. The minimum absolute atomic E-state index is 0.108. The molecular weight excluding hydrogens is 316 g/mol. The van der Waals surface area contributed by atoms with Gasteiger partial charge in [-0.25, -0.2) is 0 Å². The zero-order chi connectivity index (χ0) is 19.1. The molecule has 0 saturated carbocycles. The van der Waals surface area contributed by atoms with Gasteiger partial charge in [-0.1, -0.05) is 76.2 Å². The van der Waals surface area contributed by atoms with Crippen molar-refractivity contribution < 1.29 is 4.79 Å². The van der Waals surface area contributed by atoms with E-state index in [1.54, 1.807) is 6.92 Å². The summed E-state index contributed by atoms with van der Waals surface area (Å²) in [6.07, 6.45) is 4.67. The lowest BCUT2D eigenvalue weighted by Gasteiger charge is -2.42. The van der Waals surface area contributed by atoms with Crippen LogP contribution in [0, 0.1) is 0 Å². The SMILES string of the molecule is CC(=O)c1ccc(C=C(C)c2ccc3c(c2)C(C)(C)CCC3(C)C)cc1. The van der Waals surface area contributed by atoms with Gasteiger partial charge in [0.1, 0.15) is 0 Å². The van der Waals surface area contributed by atoms with E-state index >= 15 is 0 Å². The molecule has 0 aromatic heterocycles. The van der Waals surface area contributed by atoms with Gasteiger partial charge in [-0.2, -0.15) is 0 Å². The Labute approximate surface area is 158 Å². The highest BCUT2D eigenvalue weighted by Crippen LogP contribution is 2.46. The molecule has 0 N–H and O–H groups in total. The largest absolute Gasteiger partial charge is 0.295 e. The highest BCUT2D eigenvalue weighted by Gasteiger charge is 2.36. The number of Topliss-reactive ketones (excluding diaryl/α,β-unsaturated/α-hetero) is 1. The molecule has 0 heterocycles. The van der Waals surface area contributed by atoms with E-state index in [2.05, 4.69) is 58.9 Å². The second-order valence-corrected chi connectivity index (χ2v) is 9.03. The summed E-state index contributed by atoms with van der Waals surface area (Å²) in [6.45, 7) is 13.2. The van der Waals surface area contributed by atoms with E-state index < -0.39 is 0 Å². The van der Waals surface area contributed by atoms with Crippen molar-refractivity contribution in [2.75, 3.05) is 0 Å². The van der Waals surface area contributed by atoms with Gasteiger partial charge < -0.3 is 0 Å². The molecule has 2 aromatic rings. The maximum Gasteiger partial charge on any atom is 0.159 e. The van der Waals surface area contributed by atoms with Crippen molar-refractivity contribution in [3.63, 3.8) is 0 Å². The number of hydrogen-bond acceptors (Lipinski definition) is 1. The summed E-state index contributed by atoms with van der Waals surface area (Å²) in [5.41, 5.74) is 7.89. The molecule has 0 fully saturated rings. The van der Waals surface area contributed by atoms with Gasteiger partial charge in [0.15, 0.2) is 5.78 Å². The minimum Gasteiger partial charge on any atom is -0.295 e. The van der Waals surface area contributed by atoms with E-state index in [-0.39, 0.29) is 16.6 Å². The van der Waals surface area contributed by atoms with E-state index in [0.29, 0.717) is 0 Å². The van der Waals surface area contributed by atoms with Gasteiger partial charge in [-0.05, 0) is 65.3 Å². The number of rotatable bonds is 3. The number of carbonyl (C=O) groups is 1. The first-order valence-electron chi connectivity index (χ1n) is 9.55. The molecule has 1 heteroatoms. The molecule has 0 unspecified atom stereocenters. The van der Waals surface area contributed by atoms with E-state index in [1.807, 2.05) is 24.3 Å². The Bertz CT molecular complexity index is 864. The fourth-order valence-electron chi connectivity index (χ4n) is 3.98. The Morgan fingerprint density at radius 1 is 0.808 bits per heavy atom. The highest BCUT2D eigenvalue weighted by molar-refractivity contribution is 5.94. The molecule has 0 radical (unpaired) electrons. The Morgan fingerprint density at radius 2 is 1.35 bits per heavy atom. The van der Waals surface area contributed by atoms with E-state index in [0.717, 1.165) is 11.1 Å². The Kier molecular flexibility index (Phi) is 4.69. The van der Waals surface area contributed by atoms with Gasteiger partial charge in [-0.3, -0.25) is 4.79 Å². The summed E-state index contributed by atoms with van der Waals surface area (Å²) in [5.74, 6) is 0.108. The summed E-state index contributed by atoms with van der Waals surface area (Å²) in [7, 11) is 0. The van der Waals surface area contributed by atoms with Gasteiger partial charge in [0.25, 0.3) is 0 Å². The lowest BCUT2D eigenvalue weighted by molar-refractivity contribution is 0.101. The summed E-state index contributed by atoms with van der Waals surface area (Å²) in [4.78, 5) is 11.4. The molecule has 0 bridgehead atoms. The average Bonchev–Trinajstić information content (AvgIpc) is 2.59. The van der Waals surface area contributed by atoms with Crippen LogP contribution in [-0.2, 0) is 10.8 Å². The van der Waals surface area contributed by atoms with Crippen LogP contribution in [0.1, 0.15) is 87.0 Å². The van der Waals surface area contributed by atoms with Crippen LogP contribution in [0.2, 0.25) is 0 Å². The van der Waals surface area contributed by atoms with E-state index in [1.165, 1.54) is 35.1 Å². The van der Waals surface area contributed by atoms with Crippen molar-refractivity contribution in [3.05, 3.63) is 70.3 Å². The number of ketones is 1. The highest BCUT2D eigenvalue weighted by atomic mass is 16.1. The minimum atomic E-state index is 0.108. The summed E-state index contributed by atoms with van der Waals surface area (Å²) >= 11 is 0. The number of carbonyl (C=O) groups excluding carboxylic acids is 1. The molecule has 26 heavy (non-hydrogen) atoms. The molecule has 3 rings (SSSR count). The predicted molar refractivity (Wildman–Crippen MR) is 112 cm³/mol. The standard InChI is InChI=1S/C25H30O/c1-17(15-19-7-9-20(10-8-19)18(2)26)21-11-12-22-23(16-21)25(5,6)14-13-24(22,3)4/h7-12,15-16H,13-14H2,1-6H3. The predicted octanol–water partition coefficient (Wildman–Crippen LogP) is 6.80. The Hall–Kier alpha value is -2.15. The van der Waals surface area contributed by atoms with Gasteiger partial charge in [0.2, 0.25) is 0 Å². The lowest BCUT2D eigenvalue weighted by Crippen LogP contribution is -2.33. The molecule has 0 aliphatic heterocycles. The van der Waals surface area contributed by atoms with Crippen LogP contribution < -0.4 is 0 Å². The molecule has 1 aliphatic rings. The average molecular weight is 347 g/mol. The van der Waals surface area contributed by atoms with Gasteiger partial charge >= 0.3 is 0 Å². The third-order valence-electron chi connectivity index (χ3n) is 6.01. The van der Waals surface area contributed by atoms with Crippen LogP contribution in [0.25, 0.3) is 11.6 Å². The molecule has 136 valence electrons. The molecule has 1 nitrogen and oxygen atoms in total. The third kappa shape index (κ3) is 3.53. The molecule has 1 aliphatic carbocycles. The lowest BCUT2D eigenvalue weighted by atomic mass is 9.63. The van der Waals surface area contributed by atoms with Crippen LogP contribution >= 0.6 is 0 Å². The Morgan fingerprint density at radius 3 is 1.92 bits per heavy atom. The first-order chi connectivity index (χ1) is 12.1. The number of hydrogen-bond donors (Lipinski definition) is 0. The zero-order valence-corrected chi connectivity index (χ0v) is 16.9. The first-order valence-corrected chi connectivity index (χ1v) is 9.55. The monoisotopic (exact) mass is 346 g/mol. The van der Waals surface area contributed by atoms with E-state index in [4.69, 9.17) is 0 Å². The second-order valence-electron chi connectivity index (χ2n) is 9.03. The van der Waals surface area contributed by atoms with Gasteiger partial charge in [0.05, 0.1) is 0 Å². The summed E-state index contributed by atoms with van der Waals surface area (Å²) < 4.78 is 0. The van der Waals surface area contributed by atoms with Gasteiger partial charge in [0, 0.05) is 5.56 Å². The first kappa shape index (κ1) is 18.6. The van der Waals surface area contributed by atoms with Crippen molar-refractivity contribution in [2.24, 2.45) is 0 Å². The molecular formula is C25H30O. The van der Waals surface area contributed by atoms with E-state index in [9.17, 15) is 4.79 Å². The molecule has 2 aromatic carbocycles. The van der Waals surface area contributed by atoms with Crippen molar-refractivity contribution >= 4 is 17.4 Å². The summed E-state index contributed by atoms with van der Waals surface area (Å²) in [6, 6.07) is 14.8. The van der Waals surface area contributed by atoms with Crippen molar-refractivity contribution in [1.82, 2.24) is 0 Å². The van der Waals surface area contributed by atoms with Crippen LogP contribution in [-0.4, -0.2) is 5.78 Å². The number of fused-ring (bicyclic) bond motifs is 1. The Balaban J connectivity index is 1.98. The molecule has 0 saturated heterocycles. The molecule has 0 atom stereocenters. The second kappa shape index (κ2) is 6.54. The van der Waals surface area contributed by atoms with Gasteiger partial charge in [-0.15, -0.1) is 0 Å². The zero-order valence-electron chi connectivity index (χ0n) is 16.9. The topological polar surface area (TPSA) is 17.1 Å². The van der Waals surface area contributed by atoms with Crippen LogP contribution in [0.5, 0.6) is 0 Å². The van der Waals surface area contributed by atoms with Crippen LogP contribution in [0.3, 0.4) is 0 Å². The maximum atomic E-state index is 11.4. The normalized spacial score (nSPS) is 18.3. The van der Waals surface area contributed by atoms with Crippen molar-refractivity contribution in [1.29, 1.82) is 0 Å². The molecule has 0 amide bonds. The van der Waals surface area contributed by atoms with Crippen LogP contribution in [0.4, 0.5) is 0 Å². The quantitative estimate of drug-likeness (QED) is 0.441. The summed E-state index contributed by atoms with van der Waals surface area (Å²) in [5, 5.41) is 0. The van der Waals surface area contributed by atoms with Crippen molar-refractivity contribution in [3.8, 4) is 0 Å². The third-order valence-corrected chi connectivity index (χ3v) is 6.01. The van der Waals surface area contributed by atoms with Crippen molar-refractivity contribution in [2.45, 2.75) is 65.2 Å². The number of allylic oxidation sites excluding steroid dienone is 1. The molecule has 0 spiro atoms. The fourth-order valence-corrected chi connectivity index (χ4v) is 3.98. The van der Waals surface area contributed by atoms with Crippen LogP contribution in [0.15, 0.2) is 42.5 Å². The fraction of sp³-hybridized carbons (Fsp3) is 0.400.